The van der Waals surface area contributed by atoms with Crippen molar-refractivity contribution in [1.29, 1.82) is 5.26 Å². The molecule has 2 rings (SSSR count). The number of nitriles is 1. The third-order valence-corrected chi connectivity index (χ3v) is 4.31. The van der Waals surface area contributed by atoms with Crippen molar-refractivity contribution in [2.45, 2.75) is 11.4 Å². The lowest BCUT2D eigenvalue weighted by Crippen LogP contribution is -2.24. The molecule has 0 radical (unpaired) electrons. The Kier molecular flexibility index (Phi) is 4.21. The maximum absolute atomic E-state index is 13.4. The Balaban J connectivity index is 2.24. The number of nitrogens with zero attached hydrogens (tertiary/aromatic N) is 1. The van der Waals surface area contributed by atoms with Gasteiger partial charge in [-0.25, -0.2) is 17.5 Å². The number of anilines is 1. The van der Waals surface area contributed by atoms with Gasteiger partial charge in [0.25, 0.3) is 0 Å². The van der Waals surface area contributed by atoms with Crippen molar-refractivity contribution in [3.8, 4) is 6.07 Å². The first-order valence-electron chi connectivity index (χ1n) is 5.97. The standard InChI is InChI=1S/C14H12FN3O2S/c15-12-4-2-1-3-11(12)9-18-21(19,20)14-6-5-10(8-16)7-13(14)17/h1-7,18H,9,17H2. The molecule has 0 bridgehead atoms. The van der Waals surface area contributed by atoms with Crippen LogP contribution < -0.4 is 10.5 Å². The number of halogens is 1. The summed E-state index contributed by atoms with van der Waals surface area (Å²) in [4.78, 5) is -0.141. The predicted molar refractivity (Wildman–Crippen MR) is 76.0 cm³/mol. The van der Waals surface area contributed by atoms with Crippen molar-refractivity contribution in [3.05, 3.63) is 59.4 Å². The summed E-state index contributed by atoms with van der Waals surface area (Å²) in [6.07, 6.45) is 0. The lowest BCUT2D eigenvalue weighted by molar-refractivity contribution is 0.574. The number of hydrogen-bond acceptors (Lipinski definition) is 4. The molecule has 0 spiro atoms. The van der Waals surface area contributed by atoms with Crippen LogP contribution in [-0.2, 0) is 16.6 Å². The van der Waals surface area contributed by atoms with Crippen LogP contribution in [0.1, 0.15) is 11.1 Å². The first-order chi connectivity index (χ1) is 9.94. The molecule has 0 aliphatic carbocycles. The SMILES string of the molecule is N#Cc1ccc(S(=O)(=O)NCc2ccccc2F)c(N)c1. The van der Waals surface area contributed by atoms with E-state index in [0.717, 1.165) is 0 Å². The number of nitrogens with one attached hydrogen (secondary N) is 1. The molecule has 0 aromatic heterocycles. The van der Waals surface area contributed by atoms with Gasteiger partial charge >= 0.3 is 0 Å². The maximum Gasteiger partial charge on any atom is 0.242 e. The highest BCUT2D eigenvalue weighted by Gasteiger charge is 2.18. The Morgan fingerprint density at radius 2 is 1.95 bits per heavy atom. The highest BCUT2D eigenvalue weighted by molar-refractivity contribution is 7.89. The minimum absolute atomic E-state index is 0.0323. The molecule has 0 heterocycles. The second-order valence-corrected chi connectivity index (χ2v) is 6.02. The summed E-state index contributed by atoms with van der Waals surface area (Å²) in [6, 6.07) is 11.6. The third kappa shape index (κ3) is 3.37. The molecule has 0 aliphatic rings. The lowest BCUT2D eigenvalue weighted by atomic mass is 10.2. The van der Waals surface area contributed by atoms with E-state index in [4.69, 9.17) is 11.0 Å². The average molecular weight is 305 g/mol. The summed E-state index contributed by atoms with van der Waals surface area (Å²) in [5.41, 5.74) is 6.10. The van der Waals surface area contributed by atoms with Crippen LogP contribution in [0.3, 0.4) is 0 Å². The van der Waals surface area contributed by atoms with E-state index in [9.17, 15) is 12.8 Å². The van der Waals surface area contributed by atoms with Gasteiger partial charge in [-0.05, 0) is 24.3 Å². The molecule has 2 aromatic rings. The Labute approximate surface area is 121 Å². The van der Waals surface area contributed by atoms with Crippen molar-refractivity contribution in [1.82, 2.24) is 4.72 Å². The molecule has 2 aromatic carbocycles. The topological polar surface area (TPSA) is 96.0 Å². The van der Waals surface area contributed by atoms with Crippen molar-refractivity contribution in [3.63, 3.8) is 0 Å². The van der Waals surface area contributed by atoms with Crippen LogP contribution in [0.4, 0.5) is 10.1 Å². The highest BCUT2D eigenvalue weighted by atomic mass is 32.2. The van der Waals surface area contributed by atoms with Crippen molar-refractivity contribution < 1.29 is 12.8 Å². The van der Waals surface area contributed by atoms with Gasteiger partial charge < -0.3 is 5.73 Å². The molecule has 0 fully saturated rings. The number of nitrogen functional groups attached to an aromatic ring is 1. The van der Waals surface area contributed by atoms with E-state index in [1.54, 1.807) is 6.07 Å². The fourth-order valence-corrected chi connectivity index (χ4v) is 2.87. The molecular formula is C14H12FN3O2S. The summed E-state index contributed by atoms with van der Waals surface area (Å²) in [5, 5.41) is 8.73. The largest absolute Gasteiger partial charge is 0.398 e. The van der Waals surface area contributed by atoms with Crippen molar-refractivity contribution >= 4 is 15.7 Å². The molecular weight excluding hydrogens is 293 g/mol. The van der Waals surface area contributed by atoms with Crippen LogP contribution in [-0.4, -0.2) is 8.42 Å². The van der Waals surface area contributed by atoms with Crippen LogP contribution in [0.5, 0.6) is 0 Å². The summed E-state index contributed by atoms with van der Waals surface area (Å²) in [7, 11) is -3.88. The molecule has 108 valence electrons. The Bertz CT molecular complexity index is 813. The zero-order valence-electron chi connectivity index (χ0n) is 10.9. The molecule has 7 heteroatoms. The van der Waals surface area contributed by atoms with Crippen LogP contribution >= 0.6 is 0 Å². The Morgan fingerprint density at radius 3 is 2.57 bits per heavy atom. The fraction of sp³-hybridized carbons (Fsp3) is 0.0714. The van der Waals surface area contributed by atoms with Crippen LogP contribution in [0, 0.1) is 17.1 Å². The smallest absolute Gasteiger partial charge is 0.242 e. The Hall–Kier alpha value is -2.43. The minimum atomic E-state index is -3.88. The third-order valence-electron chi connectivity index (χ3n) is 2.84. The Morgan fingerprint density at radius 1 is 1.24 bits per heavy atom. The van der Waals surface area contributed by atoms with Gasteiger partial charge in [0.05, 0.1) is 17.3 Å². The lowest BCUT2D eigenvalue weighted by Gasteiger charge is -2.09. The van der Waals surface area contributed by atoms with Gasteiger partial charge in [0, 0.05) is 12.1 Å². The molecule has 0 amide bonds. The quantitative estimate of drug-likeness (QED) is 0.841. The average Bonchev–Trinajstić information content (AvgIpc) is 2.46. The fourth-order valence-electron chi connectivity index (χ4n) is 1.76. The molecule has 5 nitrogen and oxygen atoms in total. The van der Waals surface area contributed by atoms with Gasteiger partial charge in [-0.1, -0.05) is 18.2 Å². The number of sulfonamides is 1. The van der Waals surface area contributed by atoms with Crippen molar-refractivity contribution in [2.75, 3.05) is 5.73 Å². The van der Waals surface area contributed by atoms with Gasteiger partial charge in [0.15, 0.2) is 0 Å². The van der Waals surface area contributed by atoms with Crippen LogP contribution in [0.15, 0.2) is 47.4 Å². The van der Waals surface area contributed by atoms with Gasteiger partial charge in [-0.2, -0.15) is 5.26 Å². The minimum Gasteiger partial charge on any atom is -0.398 e. The molecule has 0 saturated heterocycles. The first-order valence-corrected chi connectivity index (χ1v) is 7.45. The zero-order chi connectivity index (χ0) is 15.5. The molecule has 0 atom stereocenters. The highest BCUT2D eigenvalue weighted by Crippen LogP contribution is 2.19. The molecule has 0 aliphatic heterocycles. The van der Waals surface area contributed by atoms with Crippen molar-refractivity contribution in [2.24, 2.45) is 0 Å². The normalized spacial score (nSPS) is 11.0. The second kappa shape index (κ2) is 5.91. The zero-order valence-corrected chi connectivity index (χ0v) is 11.7. The van der Waals surface area contributed by atoms with E-state index in [0.29, 0.717) is 0 Å². The number of hydrogen-bond donors (Lipinski definition) is 2. The van der Waals surface area contributed by atoms with Gasteiger partial charge in [0.2, 0.25) is 10.0 Å². The van der Waals surface area contributed by atoms with E-state index in [1.165, 1.54) is 36.4 Å². The maximum atomic E-state index is 13.4. The summed E-state index contributed by atoms with van der Waals surface area (Å²) >= 11 is 0. The predicted octanol–water partition coefficient (Wildman–Crippen LogP) is 1.76. The molecule has 3 N–H and O–H groups in total. The van der Waals surface area contributed by atoms with Crippen LogP contribution in [0.25, 0.3) is 0 Å². The van der Waals surface area contributed by atoms with E-state index in [1.807, 2.05) is 6.07 Å². The van der Waals surface area contributed by atoms with E-state index in [-0.39, 0.29) is 28.3 Å². The number of benzene rings is 2. The summed E-state index contributed by atoms with van der Waals surface area (Å²) in [6.45, 7) is -0.186. The van der Waals surface area contributed by atoms with E-state index in [2.05, 4.69) is 4.72 Å². The first kappa shape index (κ1) is 15.0. The van der Waals surface area contributed by atoms with E-state index >= 15 is 0 Å². The van der Waals surface area contributed by atoms with Gasteiger partial charge in [-0.3, -0.25) is 0 Å². The molecule has 0 unspecified atom stereocenters. The number of rotatable bonds is 4. The second-order valence-electron chi connectivity index (χ2n) is 4.28. The monoisotopic (exact) mass is 305 g/mol. The van der Waals surface area contributed by atoms with E-state index < -0.39 is 15.8 Å². The summed E-state index contributed by atoms with van der Waals surface area (Å²) in [5.74, 6) is -0.493. The molecule has 21 heavy (non-hydrogen) atoms. The van der Waals surface area contributed by atoms with Crippen LogP contribution in [0.2, 0.25) is 0 Å². The van der Waals surface area contributed by atoms with Gasteiger partial charge in [-0.15, -0.1) is 0 Å². The number of nitrogens with two attached hydrogens (primary N) is 1. The molecule has 0 saturated carbocycles. The summed E-state index contributed by atoms with van der Waals surface area (Å²) < 4.78 is 40.0. The van der Waals surface area contributed by atoms with Gasteiger partial charge in [0.1, 0.15) is 10.7 Å².